The molecule has 4 aliphatic rings. The molecule has 1 unspecified atom stereocenters. The summed E-state index contributed by atoms with van der Waals surface area (Å²) in [7, 11) is 0. The van der Waals surface area contributed by atoms with E-state index in [0.29, 0.717) is 11.6 Å². The van der Waals surface area contributed by atoms with E-state index in [-0.39, 0.29) is 12.1 Å². The van der Waals surface area contributed by atoms with Gasteiger partial charge in [-0.3, -0.25) is 0 Å². The Morgan fingerprint density at radius 3 is 2.70 bits per heavy atom. The molecule has 33 heavy (non-hydrogen) atoms. The van der Waals surface area contributed by atoms with Gasteiger partial charge in [-0.2, -0.15) is 4.99 Å². The molecule has 2 aromatic carbocycles. The average molecular weight is 439 g/mol. The molecular formula is C29H30N2O2. The number of benzene rings is 2. The first-order valence-corrected chi connectivity index (χ1v) is 12.3. The number of allylic oxidation sites excluding steroid dienone is 3. The summed E-state index contributed by atoms with van der Waals surface area (Å²) in [4.78, 5) is 4.86. The van der Waals surface area contributed by atoms with Gasteiger partial charge in [0.15, 0.2) is 0 Å². The third-order valence-electron chi connectivity index (χ3n) is 7.24. The summed E-state index contributed by atoms with van der Waals surface area (Å²) in [5.41, 5.74) is 4.83. The van der Waals surface area contributed by atoms with E-state index >= 15 is 0 Å². The van der Waals surface area contributed by atoms with Crippen LogP contribution < -0.4 is 5.32 Å². The van der Waals surface area contributed by atoms with Gasteiger partial charge in [-0.15, -0.1) is 0 Å². The molecule has 168 valence electrons. The summed E-state index contributed by atoms with van der Waals surface area (Å²) in [6.07, 6.45) is 19.1. The molecule has 0 radical (unpaired) electrons. The van der Waals surface area contributed by atoms with E-state index in [1.54, 1.807) is 6.08 Å². The zero-order chi connectivity index (χ0) is 22.2. The van der Waals surface area contributed by atoms with E-state index < -0.39 is 0 Å². The van der Waals surface area contributed by atoms with Gasteiger partial charge in [0.2, 0.25) is 5.88 Å². The lowest BCUT2D eigenvalue weighted by Crippen LogP contribution is -2.34. The number of hydrogen-bond acceptors (Lipinski definition) is 4. The molecule has 0 amide bonds. The molecule has 4 heteroatoms. The Labute approximate surface area is 195 Å². The van der Waals surface area contributed by atoms with Gasteiger partial charge < -0.3 is 15.2 Å². The van der Waals surface area contributed by atoms with Crippen LogP contribution in [0, 0.1) is 0 Å². The average Bonchev–Trinajstić information content (AvgIpc) is 3.35. The molecule has 4 nitrogen and oxygen atoms in total. The fraction of sp³-hybridized carbons (Fsp3) is 0.345. The fourth-order valence-electron chi connectivity index (χ4n) is 5.59. The first-order valence-electron chi connectivity index (χ1n) is 12.3. The highest BCUT2D eigenvalue weighted by Gasteiger charge is 2.28. The van der Waals surface area contributed by atoms with Gasteiger partial charge in [0.1, 0.15) is 17.7 Å². The first kappa shape index (κ1) is 20.3. The van der Waals surface area contributed by atoms with Crippen molar-refractivity contribution in [2.75, 3.05) is 0 Å². The lowest BCUT2D eigenvalue weighted by molar-refractivity contribution is 0.118. The van der Waals surface area contributed by atoms with Crippen molar-refractivity contribution in [2.45, 2.75) is 63.5 Å². The summed E-state index contributed by atoms with van der Waals surface area (Å²) < 4.78 is 6.41. The van der Waals surface area contributed by atoms with Gasteiger partial charge in [-0.1, -0.05) is 48.6 Å². The molecular weight excluding hydrogens is 408 g/mol. The smallest absolute Gasteiger partial charge is 0.213 e. The molecule has 3 aliphatic carbocycles. The van der Waals surface area contributed by atoms with Crippen molar-refractivity contribution in [1.82, 2.24) is 5.32 Å². The number of aryl methyl sites for hydroxylation is 1. The minimum atomic E-state index is -0.0808. The number of amidine groups is 1. The second kappa shape index (κ2) is 8.58. The van der Waals surface area contributed by atoms with E-state index in [1.807, 2.05) is 6.08 Å². The number of nitrogens with one attached hydrogen (secondary N) is 1. The normalized spacial score (nSPS) is 22.7. The highest BCUT2D eigenvalue weighted by atomic mass is 16.5. The number of nitrogens with zero attached hydrogens (tertiary/aromatic N) is 1. The molecule has 0 spiro atoms. The minimum absolute atomic E-state index is 0.0808. The predicted molar refractivity (Wildman–Crippen MR) is 134 cm³/mol. The SMILES string of the molecule is OC1=C(C2=NC(OC3CCCC3)=CC(c3c4c(cc5ccccc35)CCC=C4)N2)CCC=C1. The van der Waals surface area contributed by atoms with E-state index in [9.17, 15) is 5.11 Å². The number of aliphatic imine (C=N–C) groups is 1. The molecule has 1 atom stereocenters. The number of aliphatic hydroxyl groups is 1. The summed E-state index contributed by atoms with van der Waals surface area (Å²) in [6.45, 7) is 0. The van der Waals surface area contributed by atoms with Crippen molar-refractivity contribution in [3.8, 4) is 0 Å². The minimum Gasteiger partial charge on any atom is -0.508 e. The largest absolute Gasteiger partial charge is 0.508 e. The number of rotatable bonds is 4. The van der Waals surface area contributed by atoms with Gasteiger partial charge >= 0.3 is 0 Å². The lowest BCUT2D eigenvalue weighted by Gasteiger charge is -2.30. The summed E-state index contributed by atoms with van der Waals surface area (Å²) in [5.74, 6) is 1.71. The van der Waals surface area contributed by atoms with E-state index in [2.05, 4.69) is 53.9 Å². The van der Waals surface area contributed by atoms with Crippen LogP contribution in [0.15, 0.2) is 76.8 Å². The lowest BCUT2D eigenvalue weighted by atomic mass is 9.85. The molecule has 2 N–H and O–H groups in total. The standard InChI is InChI=1S/C29H30N2O2/c32-26-16-8-7-15-24(26)29-30-25(18-27(31-29)33-21-11-3-4-12-21)28-22-13-5-1-9-19(22)17-20-10-2-6-14-23(20)28/h1,5-6,8-9,13-14,16-18,21,25,32H,2-4,7,10-12,15H2,(H,30,31). The molecule has 0 bridgehead atoms. The second-order valence-electron chi connectivity index (χ2n) is 9.44. The Kier molecular flexibility index (Phi) is 5.29. The van der Waals surface area contributed by atoms with Crippen LogP contribution in [0.25, 0.3) is 16.8 Å². The van der Waals surface area contributed by atoms with Gasteiger partial charge in [0.05, 0.1) is 6.04 Å². The molecule has 0 saturated heterocycles. The Hall–Kier alpha value is -3.27. The highest BCUT2D eigenvalue weighted by molar-refractivity contribution is 6.01. The fourth-order valence-corrected chi connectivity index (χ4v) is 5.59. The maximum Gasteiger partial charge on any atom is 0.213 e. The molecule has 6 rings (SSSR count). The van der Waals surface area contributed by atoms with Gasteiger partial charge in [0.25, 0.3) is 0 Å². The van der Waals surface area contributed by atoms with Crippen molar-refractivity contribution >= 4 is 22.7 Å². The summed E-state index contributed by atoms with van der Waals surface area (Å²) in [5, 5.41) is 16.8. The zero-order valence-electron chi connectivity index (χ0n) is 18.9. The second-order valence-corrected chi connectivity index (χ2v) is 9.44. The quantitative estimate of drug-likeness (QED) is 0.552. The highest BCUT2D eigenvalue weighted by Crippen LogP contribution is 2.38. The van der Waals surface area contributed by atoms with E-state index in [4.69, 9.17) is 9.73 Å². The topological polar surface area (TPSA) is 53.9 Å². The van der Waals surface area contributed by atoms with Crippen LogP contribution in [0.1, 0.15) is 67.7 Å². The van der Waals surface area contributed by atoms with Crippen LogP contribution in [-0.4, -0.2) is 17.0 Å². The van der Waals surface area contributed by atoms with Crippen molar-refractivity contribution in [3.63, 3.8) is 0 Å². The molecule has 1 saturated carbocycles. The first-order chi connectivity index (χ1) is 16.3. The van der Waals surface area contributed by atoms with E-state index in [1.165, 1.54) is 40.3 Å². The Balaban J connectivity index is 1.49. The molecule has 1 heterocycles. The molecule has 2 aromatic rings. The summed E-state index contributed by atoms with van der Waals surface area (Å²) >= 11 is 0. The Bertz CT molecular complexity index is 1240. The predicted octanol–water partition coefficient (Wildman–Crippen LogP) is 6.80. The monoisotopic (exact) mass is 438 g/mol. The Morgan fingerprint density at radius 2 is 1.82 bits per heavy atom. The third kappa shape index (κ3) is 3.88. The van der Waals surface area contributed by atoms with Crippen molar-refractivity contribution in [3.05, 3.63) is 88.5 Å². The van der Waals surface area contributed by atoms with Gasteiger partial charge in [0, 0.05) is 11.6 Å². The molecule has 0 aromatic heterocycles. The number of ether oxygens (including phenoxy) is 1. The summed E-state index contributed by atoms with van der Waals surface area (Å²) in [6, 6.07) is 10.9. The van der Waals surface area contributed by atoms with Crippen molar-refractivity contribution in [1.29, 1.82) is 0 Å². The van der Waals surface area contributed by atoms with Gasteiger partial charge in [-0.25, -0.2) is 0 Å². The molecule has 1 fully saturated rings. The third-order valence-corrected chi connectivity index (χ3v) is 7.24. The van der Waals surface area contributed by atoms with E-state index in [0.717, 1.165) is 49.9 Å². The van der Waals surface area contributed by atoms with Gasteiger partial charge in [-0.05, 0) is 84.9 Å². The van der Waals surface area contributed by atoms with Crippen molar-refractivity contribution < 1.29 is 9.84 Å². The van der Waals surface area contributed by atoms with Crippen LogP contribution in [0.2, 0.25) is 0 Å². The van der Waals surface area contributed by atoms with Crippen LogP contribution in [0.4, 0.5) is 0 Å². The maximum atomic E-state index is 10.6. The zero-order valence-corrected chi connectivity index (χ0v) is 18.9. The Morgan fingerprint density at radius 1 is 1.00 bits per heavy atom. The molecule has 1 aliphatic heterocycles. The number of hydrogen-bond donors (Lipinski definition) is 2. The van der Waals surface area contributed by atoms with Crippen LogP contribution >= 0.6 is 0 Å². The number of aliphatic hydroxyl groups excluding tert-OH is 1. The maximum absolute atomic E-state index is 10.6. The number of fused-ring (bicyclic) bond motifs is 2. The van der Waals surface area contributed by atoms with Crippen LogP contribution in [-0.2, 0) is 11.2 Å². The van der Waals surface area contributed by atoms with Crippen LogP contribution in [0.5, 0.6) is 0 Å². The van der Waals surface area contributed by atoms with Crippen LogP contribution in [0.3, 0.4) is 0 Å². The van der Waals surface area contributed by atoms with Crippen molar-refractivity contribution in [2.24, 2.45) is 4.99 Å².